The smallest absolute Gasteiger partial charge is 0.168 e. The van der Waals surface area contributed by atoms with Gasteiger partial charge in [-0.05, 0) is 37.1 Å². The summed E-state index contributed by atoms with van der Waals surface area (Å²) in [5, 5.41) is 26.0. The van der Waals surface area contributed by atoms with E-state index in [0.29, 0.717) is 16.4 Å². The molecule has 138 valence electrons. The van der Waals surface area contributed by atoms with Crippen molar-refractivity contribution in [3.05, 3.63) is 45.7 Å². The maximum absolute atomic E-state index is 10.6. The molecule has 0 aliphatic heterocycles. The Balaban J connectivity index is 1.57. The highest BCUT2D eigenvalue weighted by molar-refractivity contribution is 7.09. The number of nitrogens with zero attached hydrogens (tertiary/aromatic N) is 2. The van der Waals surface area contributed by atoms with Crippen LogP contribution in [-0.2, 0) is 0 Å². The fraction of sp³-hybridized carbons (Fsp3) is 0.389. The average Bonchev–Trinajstić information content (AvgIpc) is 3.23. The number of aliphatic hydroxyl groups excluding tert-OH is 1. The largest absolute Gasteiger partial charge is 0.368 e. The highest BCUT2D eigenvalue weighted by Crippen LogP contribution is 2.29. The second-order valence-electron chi connectivity index (χ2n) is 6.69. The number of rotatable bonds is 5. The molecule has 26 heavy (non-hydrogen) atoms. The van der Waals surface area contributed by atoms with Crippen molar-refractivity contribution in [2.24, 2.45) is 5.73 Å². The van der Waals surface area contributed by atoms with E-state index < -0.39 is 6.23 Å². The van der Waals surface area contributed by atoms with E-state index >= 15 is 0 Å². The number of aliphatic hydroxyl groups is 1. The molecule has 6 nitrogen and oxygen atoms in total. The predicted octanol–water partition coefficient (Wildman–Crippen LogP) is 3.83. The van der Waals surface area contributed by atoms with E-state index in [9.17, 15) is 5.11 Å². The van der Waals surface area contributed by atoms with Gasteiger partial charge in [0, 0.05) is 22.8 Å². The molecule has 5 N–H and O–H groups in total. The van der Waals surface area contributed by atoms with E-state index in [1.807, 2.05) is 35.0 Å². The van der Waals surface area contributed by atoms with Crippen molar-refractivity contribution in [3.8, 4) is 0 Å². The van der Waals surface area contributed by atoms with Crippen LogP contribution in [0.3, 0.4) is 0 Å². The number of aromatic nitrogens is 2. The summed E-state index contributed by atoms with van der Waals surface area (Å²) in [6.45, 7) is 0. The molecular weight excluding hydrogens is 370 g/mol. The molecule has 1 aliphatic carbocycles. The summed E-state index contributed by atoms with van der Waals surface area (Å²) in [5.41, 5.74) is 8.50. The van der Waals surface area contributed by atoms with Crippen LogP contribution >= 0.6 is 22.9 Å². The lowest BCUT2D eigenvalue weighted by Gasteiger charge is -2.29. The molecule has 0 aromatic carbocycles. The number of halogens is 1. The van der Waals surface area contributed by atoms with Crippen LogP contribution in [0.5, 0.6) is 0 Å². The van der Waals surface area contributed by atoms with Crippen LogP contribution in [0.4, 0.5) is 11.5 Å². The highest BCUT2D eigenvalue weighted by atomic mass is 35.5. The number of nitrogens with two attached hydrogens (primary N) is 1. The quantitative estimate of drug-likeness (QED) is 0.496. The Morgan fingerprint density at radius 1 is 1.23 bits per heavy atom. The minimum Gasteiger partial charge on any atom is -0.368 e. The van der Waals surface area contributed by atoms with E-state index in [1.165, 1.54) is 24.2 Å². The molecule has 0 spiro atoms. The molecular formula is C18H22ClN5OS. The number of anilines is 2. The molecule has 4 rings (SSSR count). The van der Waals surface area contributed by atoms with Crippen LogP contribution in [0.15, 0.2) is 35.0 Å². The van der Waals surface area contributed by atoms with Gasteiger partial charge in [0.05, 0.1) is 21.9 Å². The van der Waals surface area contributed by atoms with E-state index in [2.05, 4.69) is 15.7 Å². The molecule has 1 aliphatic rings. The molecule has 3 aromatic rings. The van der Waals surface area contributed by atoms with Gasteiger partial charge >= 0.3 is 0 Å². The molecule has 8 heteroatoms. The molecule has 0 saturated heterocycles. The third-order valence-corrected chi connectivity index (χ3v) is 6.06. The van der Waals surface area contributed by atoms with Crippen LogP contribution in [0, 0.1) is 0 Å². The highest BCUT2D eigenvalue weighted by Gasteiger charge is 2.22. The van der Waals surface area contributed by atoms with Gasteiger partial charge in [0.25, 0.3) is 0 Å². The summed E-state index contributed by atoms with van der Waals surface area (Å²) < 4.78 is 1.74. The SMILES string of the molecule is N[C@H]1CCCC[C@H]1Nc1ccc2ccc(C(O)Nc3cscc3Cl)n2n1. The molecule has 0 amide bonds. The van der Waals surface area contributed by atoms with Gasteiger partial charge < -0.3 is 21.5 Å². The molecule has 3 aromatic heterocycles. The maximum Gasteiger partial charge on any atom is 0.168 e. The summed E-state index contributed by atoms with van der Waals surface area (Å²) in [5.74, 6) is 0.762. The minimum atomic E-state index is -0.913. The zero-order valence-electron chi connectivity index (χ0n) is 14.2. The molecule has 1 saturated carbocycles. The van der Waals surface area contributed by atoms with Crippen LogP contribution in [0.25, 0.3) is 5.52 Å². The summed E-state index contributed by atoms with van der Waals surface area (Å²) in [4.78, 5) is 0. The van der Waals surface area contributed by atoms with Crippen LogP contribution in [0.2, 0.25) is 5.02 Å². The van der Waals surface area contributed by atoms with Crippen LogP contribution in [0.1, 0.15) is 37.6 Å². The maximum atomic E-state index is 10.6. The Labute approximate surface area is 161 Å². The van der Waals surface area contributed by atoms with Crippen molar-refractivity contribution in [2.75, 3.05) is 10.6 Å². The standard InChI is InChI=1S/C18H22ClN5OS/c19-12-9-26-10-15(12)22-18(25)16-7-5-11-6-8-17(23-24(11)16)21-14-4-2-1-3-13(14)20/h5-10,13-14,18,22,25H,1-4,20H2,(H,21,23)/t13-,14+,18?/m0/s1. The average molecular weight is 392 g/mol. The summed E-state index contributed by atoms with van der Waals surface area (Å²) in [6, 6.07) is 8.11. The lowest BCUT2D eigenvalue weighted by atomic mass is 9.91. The van der Waals surface area contributed by atoms with E-state index in [-0.39, 0.29) is 12.1 Å². The van der Waals surface area contributed by atoms with Crippen molar-refractivity contribution in [1.29, 1.82) is 0 Å². The summed E-state index contributed by atoms with van der Waals surface area (Å²) >= 11 is 7.58. The Morgan fingerprint density at radius 3 is 2.81 bits per heavy atom. The first-order valence-corrected chi connectivity index (χ1v) is 10.1. The third-order valence-electron chi connectivity index (χ3n) is 4.87. The van der Waals surface area contributed by atoms with Gasteiger partial charge in [0.15, 0.2) is 6.23 Å². The van der Waals surface area contributed by atoms with Crippen molar-refractivity contribution in [1.82, 2.24) is 9.61 Å². The zero-order chi connectivity index (χ0) is 18.1. The molecule has 1 unspecified atom stereocenters. The third kappa shape index (κ3) is 3.53. The van der Waals surface area contributed by atoms with Crippen LogP contribution < -0.4 is 16.4 Å². The molecule has 0 bridgehead atoms. The molecule has 0 radical (unpaired) electrons. The van der Waals surface area contributed by atoms with E-state index in [0.717, 1.165) is 24.2 Å². The normalized spacial score (nSPS) is 21.7. The minimum absolute atomic E-state index is 0.151. The topological polar surface area (TPSA) is 87.6 Å². The Bertz CT molecular complexity index is 895. The van der Waals surface area contributed by atoms with Crippen molar-refractivity contribution >= 4 is 40.0 Å². The van der Waals surface area contributed by atoms with Gasteiger partial charge in [-0.25, -0.2) is 4.52 Å². The molecule has 3 atom stereocenters. The van der Waals surface area contributed by atoms with E-state index in [4.69, 9.17) is 17.3 Å². The zero-order valence-corrected chi connectivity index (χ0v) is 15.8. The van der Waals surface area contributed by atoms with Gasteiger partial charge in [0.2, 0.25) is 0 Å². The second-order valence-corrected chi connectivity index (χ2v) is 7.84. The number of hydrogen-bond acceptors (Lipinski definition) is 6. The van der Waals surface area contributed by atoms with Crippen molar-refractivity contribution in [3.63, 3.8) is 0 Å². The fourth-order valence-corrected chi connectivity index (χ4v) is 4.40. The molecule has 3 heterocycles. The van der Waals surface area contributed by atoms with Gasteiger partial charge in [-0.2, -0.15) is 5.10 Å². The van der Waals surface area contributed by atoms with E-state index in [1.54, 1.807) is 4.52 Å². The van der Waals surface area contributed by atoms with Crippen molar-refractivity contribution < 1.29 is 5.11 Å². The van der Waals surface area contributed by atoms with Crippen LogP contribution in [-0.4, -0.2) is 26.8 Å². The Kier molecular flexibility index (Phi) is 5.04. The number of nitrogens with one attached hydrogen (secondary N) is 2. The number of fused-ring (bicyclic) bond motifs is 1. The number of thiophene rings is 1. The van der Waals surface area contributed by atoms with Gasteiger partial charge in [-0.3, -0.25) is 0 Å². The second kappa shape index (κ2) is 7.44. The van der Waals surface area contributed by atoms with Gasteiger partial charge in [-0.1, -0.05) is 24.4 Å². The first-order valence-electron chi connectivity index (χ1n) is 8.79. The predicted molar refractivity (Wildman–Crippen MR) is 107 cm³/mol. The first-order chi connectivity index (χ1) is 12.6. The van der Waals surface area contributed by atoms with Gasteiger partial charge in [0.1, 0.15) is 5.82 Å². The van der Waals surface area contributed by atoms with Gasteiger partial charge in [-0.15, -0.1) is 11.3 Å². The lowest BCUT2D eigenvalue weighted by molar-refractivity contribution is 0.201. The number of hydrogen-bond donors (Lipinski definition) is 4. The summed E-state index contributed by atoms with van der Waals surface area (Å²) in [6.07, 6.45) is 3.56. The Morgan fingerprint density at radius 2 is 2.04 bits per heavy atom. The lowest BCUT2D eigenvalue weighted by Crippen LogP contribution is -2.42. The Hall–Kier alpha value is -1.80. The monoisotopic (exact) mass is 391 g/mol. The molecule has 1 fully saturated rings. The van der Waals surface area contributed by atoms with Crippen molar-refractivity contribution in [2.45, 2.75) is 44.0 Å². The fourth-order valence-electron chi connectivity index (χ4n) is 3.43. The summed E-state index contributed by atoms with van der Waals surface area (Å²) in [7, 11) is 0. The first kappa shape index (κ1) is 17.6.